The predicted octanol–water partition coefficient (Wildman–Crippen LogP) is 2.17. The summed E-state index contributed by atoms with van der Waals surface area (Å²) in [5.74, 6) is 0.0741. The minimum absolute atomic E-state index is 0.0741. The maximum absolute atomic E-state index is 12.1. The van der Waals surface area contributed by atoms with E-state index in [4.69, 9.17) is 0 Å². The molecule has 0 fully saturated rings. The molecule has 0 saturated carbocycles. The van der Waals surface area contributed by atoms with Crippen molar-refractivity contribution in [3.05, 3.63) is 33.5 Å². The summed E-state index contributed by atoms with van der Waals surface area (Å²) in [5.41, 5.74) is 2.45. The van der Waals surface area contributed by atoms with E-state index in [1.807, 2.05) is 25.3 Å². The second-order valence-electron chi connectivity index (χ2n) is 3.96. The quantitative estimate of drug-likeness (QED) is 0.780. The average molecular weight is 249 g/mol. The smallest absolute Gasteiger partial charge is 0.186 e. The minimum atomic E-state index is 0.0741. The van der Waals surface area contributed by atoms with E-state index in [-0.39, 0.29) is 5.78 Å². The Balaban J connectivity index is 2.16. The van der Waals surface area contributed by atoms with Gasteiger partial charge in [0.25, 0.3) is 0 Å². The molecule has 0 N–H and O–H groups in total. The summed E-state index contributed by atoms with van der Waals surface area (Å²) in [6, 6.07) is 1.86. The molecule has 5 heteroatoms. The van der Waals surface area contributed by atoms with E-state index >= 15 is 0 Å². The van der Waals surface area contributed by atoms with Gasteiger partial charge in [-0.3, -0.25) is 9.48 Å². The van der Waals surface area contributed by atoms with Crippen molar-refractivity contribution < 1.29 is 4.79 Å². The second kappa shape index (κ2) is 4.79. The van der Waals surface area contributed by atoms with E-state index in [1.54, 1.807) is 23.1 Å². The molecular formula is C12H15N3OS. The number of ketones is 1. The topological polar surface area (TPSA) is 47.8 Å². The van der Waals surface area contributed by atoms with Crippen LogP contribution in [-0.2, 0) is 19.9 Å². The molecule has 90 valence electrons. The normalized spacial score (nSPS) is 10.8. The molecule has 2 aromatic rings. The first-order valence-electron chi connectivity index (χ1n) is 5.57. The number of carbonyl (C=O) groups excluding carboxylic acids is 1. The van der Waals surface area contributed by atoms with Gasteiger partial charge in [-0.2, -0.15) is 5.10 Å². The highest BCUT2D eigenvalue weighted by Gasteiger charge is 2.14. The lowest BCUT2D eigenvalue weighted by Crippen LogP contribution is -2.09. The summed E-state index contributed by atoms with van der Waals surface area (Å²) >= 11 is 1.57. The monoisotopic (exact) mass is 249 g/mol. The van der Waals surface area contributed by atoms with Crippen molar-refractivity contribution in [2.75, 3.05) is 0 Å². The van der Waals surface area contributed by atoms with Crippen LogP contribution in [0.2, 0.25) is 0 Å². The number of Topliss-reactive ketones (excluding diaryl/α,β-unsaturated/α-hetero) is 1. The van der Waals surface area contributed by atoms with Crippen molar-refractivity contribution in [2.24, 2.45) is 7.05 Å². The molecular weight excluding hydrogens is 234 g/mol. The highest BCUT2D eigenvalue weighted by molar-refractivity contribution is 7.09. The Morgan fingerprint density at radius 3 is 2.76 bits per heavy atom. The Kier molecular flexibility index (Phi) is 3.38. The maximum atomic E-state index is 12.1. The zero-order valence-electron chi connectivity index (χ0n) is 10.2. The summed E-state index contributed by atoms with van der Waals surface area (Å²) in [6.45, 7) is 3.97. The highest BCUT2D eigenvalue weighted by Crippen LogP contribution is 2.12. The second-order valence-corrected chi connectivity index (χ2v) is 5.02. The van der Waals surface area contributed by atoms with Crippen LogP contribution in [0.1, 0.15) is 33.8 Å². The molecule has 0 unspecified atom stereocenters. The van der Waals surface area contributed by atoms with Gasteiger partial charge >= 0.3 is 0 Å². The Hall–Kier alpha value is -1.49. The first-order chi connectivity index (χ1) is 8.10. The summed E-state index contributed by atoms with van der Waals surface area (Å²) in [7, 11) is 1.80. The van der Waals surface area contributed by atoms with Crippen molar-refractivity contribution in [1.29, 1.82) is 0 Å². The van der Waals surface area contributed by atoms with Crippen molar-refractivity contribution in [2.45, 2.75) is 26.7 Å². The van der Waals surface area contributed by atoms with Gasteiger partial charge in [0.1, 0.15) is 5.69 Å². The number of carbonyl (C=O) groups is 1. The Morgan fingerprint density at radius 1 is 1.47 bits per heavy atom. The van der Waals surface area contributed by atoms with Gasteiger partial charge in [-0.1, -0.05) is 6.92 Å². The molecule has 0 spiro atoms. The van der Waals surface area contributed by atoms with Crippen molar-refractivity contribution in [1.82, 2.24) is 14.8 Å². The average Bonchev–Trinajstić information content (AvgIpc) is 2.85. The zero-order chi connectivity index (χ0) is 12.4. The van der Waals surface area contributed by atoms with Crippen LogP contribution in [0.15, 0.2) is 11.4 Å². The molecule has 0 aromatic carbocycles. The predicted molar refractivity (Wildman–Crippen MR) is 67.5 cm³/mol. The third-order valence-electron chi connectivity index (χ3n) is 2.59. The molecule has 0 bridgehead atoms. The highest BCUT2D eigenvalue weighted by atomic mass is 32.1. The fourth-order valence-electron chi connectivity index (χ4n) is 1.70. The van der Waals surface area contributed by atoms with E-state index in [1.165, 1.54) is 0 Å². The van der Waals surface area contributed by atoms with Crippen LogP contribution in [-0.4, -0.2) is 20.5 Å². The molecule has 0 aliphatic carbocycles. The van der Waals surface area contributed by atoms with Gasteiger partial charge in [0.05, 0.1) is 22.8 Å². The van der Waals surface area contributed by atoms with Crippen LogP contribution in [0.3, 0.4) is 0 Å². The summed E-state index contributed by atoms with van der Waals surface area (Å²) in [4.78, 5) is 16.4. The Bertz CT molecular complexity index is 542. The lowest BCUT2D eigenvalue weighted by atomic mass is 10.1. The molecule has 0 saturated heterocycles. The van der Waals surface area contributed by atoms with Crippen LogP contribution in [0.25, 0.3) is 0 Å². The maximum Gasteiger partial charge on any atom is 0.186 e. The van der Waals surface area contributed by atoms with Crippen LogP contribution in [0.5, 0.6) is 0 Å². The Morgan fingerprint density at radius 2 is 2.24 bits per heavy atom. The molecule has 0 atom stereocenters. The number of nitrogens with zero attached hydrogens (tertiary/aromatic N) is 3. The van der Waals surface area contributed by atoms with Crippen molar-refractivity contribution >= 4 is 17.1 Å². The first-order valence-corrected chi connectivity index (χ1v) is 6.45. The summed E-state index contributed by atoms with van der Waals surface area (Å²) in [5, 5.41) is 7.20. The van der Waals surface area contributed by atoms with Crippen molar-refractivity contribution in [3.8, 4) is 0 Å². The molecule has 17 heavy (non-hydrogen) atoms. The van der Waals surface area contributed by atoms with E-state index in [0.717, 1.165) is 22.8 Å². The molecule has 2 heterocycles. The minimum Gasteiger partial charge on any atom is -0.292 e. The lowest BCUT2D eigenvalue weighted by molar-refractivity contribution is 0.0983. The van der Waals surface area contributed by atoms with Gasteiger partial charge < -0.3 is 0 Å². The van der Waals surface area contributed by atoms with Gasteiger partial charge in [-0.15, -0.1) is 11.3 Å². The van der Waals surface area contributed by atoms with Gasteiger partial charge in [0.2, 0.25) is 0 Å². The molecule has 0 radical (unpaired) electrons. The molecule has 2 aromatic heterocycles. The third-order valence-corrected chi connectivity index (χ3v) is 3.41. The number of thiazole rings is 1. The van der Waals surface area contributed by atoms with Crippen LogP contribution in [0.4, 0.5) is 0 Å². The number of hydrogen-bond acceptors (Lipinski definition) is 4. The van der Waals surface area contributed by atoms with Gasteiger partial charge in [0, 0.05) is 12.4 Å². The SMILES string of the molecule is CCc1cc(C(=O)Cc2csc(C)n2)n(C)n1. The number of hydrogen-bond donors (Lipinski definition) is 0. The van der Waals surface area contributed by atoms with Crippen LogP contribution < -0.4 is 0 Å². The molecule has 0 aliphatic heterocycles. The molecule has 2 rings (SSSR count). The molecule has 0 aliphatic rings. The Labute approximate surface area is 104 Å². The fourth-order valence-corrected chi connectivity index (χ4v) is 2.32. The van der Waals surface area contributed by atoms with Gasteiger partial charge in [-0.25, -0.2) is 4.98 Å². The fraction of sp³-hybridized carbons (Fsp3) is 0.417. The van der Waals surface area contributed by atoms with E-state index < -0.39 is 0 Å². The van der Waals surface area contributed by atoms with Crippen molar-refractivity contribution in [3.63, 3.8) is 0 Å². The molecule has 4 nitrogen and oxygen atoms in total. The standard InChI is InChI=1S/C12H15N3OS/c1-4-9-5-11(15(3)14-9)12(16)6-10-7-17-8(2)13-10/h5,7H,4,6H2,1-3H3. The van der Waals surface area contributed by atoms with E-state index in [0.29, 0.717) is 12.1 Å². The molecule has 0 amide bonds. The summed E-state index contributed by atoms with van der Waals surface area (Å²) in [6.07, 6.45) is 1.20. The number of rotatable bonds is 4. The van der Waals surface area contributed by atoms with Gasteiger partial charge in [0.15, 0.2) is 5.78 Å². The third kappa shape index (κ3) is 2.61. The van der Waals surface area contributed by atoms with E-state index in [9.17, 15) is 4.79 Å². The summed E-state index contributed by atoms with van der Waals surface area (Å²) < 4.78 is 1.65. The zero-order valence-corrected chi connectivity index (χ0v) is 11.0. The van der Waals surface area contributed by atoms with Crippen LogP contribution in [0, 0.1) is 6.92 Å². The number of aromatic nitrogens is 3. The van der Waals surface area contributed by atoms with Crippen LogP contribution >= 0.6 is 11.3 Å². The van der Waals surface area contributed by atoms with Gasteiger partial charge in [-0.05, 0) is 19.4 Å². The van der Waals surface area contributed by atoms with E-state index in [2.05, 4.69) is 10.1 Å². The lowest BCUT2D eigenvalue weighted by Gasteiger charge is -1.98. The first kappa shape index (κ1) is 12.0. The number of aryl methyl sites for hydroxylation is 3. The largest absolute Gasteiger partial charge is 0.292 e.